The first-order valence-electron chi connectivity index (χ1n) is 26.9. The smallest absolute Gasteiger partial charge is 0.297 e. The number of furan rings is 1. The second-order valence-corrected chi connectivity index (χ2v) is 26.1. The fraction of sp³-hybridized carbons (Fsp3) is 0.394. The van der Waals surface area contributed by atoms with Gasteiger partial charge in [0, 0.05) is 50.9 Å². The van der Waals surface area contributed by atoms with Crippen LogP contribution < -0.4 is 31.3 Å². The molecule has 6 aliphatic rings. The number of nitrogens with zero attached hydrogens (tertiary/aromatic N) is 3. The van der Waals surface area contributed by atoms with E-state index in [9.17, 15) is 0 Å². The molecule has 12 rings (SSSR count). The maximum atomic E-state index is 7.47. The summed E-state index contributed by atoms with van der Waals surface area (Å²) in [5.74, 6) is 0.852. The third kappa shape index (κ3) is 7.21. The molecule has 5 aromatic carbocycles. The fourth-order valence-corrected chi connectivity index (χ4v) is 13.8. The first kappa shape index (κ1) is 46.2. The van der Waals surface area contributed by atoms with Crippen LogP contribution in [-0.2, 0) is 16.2 Å². The second kappa shape index (κ2) is 15.8. The zero-order chi connectivity index (χ0) is 49.7. The predicted octanol–water partition coefficient (Wildman–Crippen LogP) is 16.4. The molecule has 6 aromatic rings. The molecule has 71 heavy (non-hydrogen) atoms. The van der Waals surface area contributed by atoms with Crippen LogP contribution in [0.3, 0.4) is 0 Å². The summed E-state index contributed by atoms with van der Waals surface area (Å²) < 4.78 is 7.47. The number of anilines is 7. The van der Waals surface area contributed by atoms with E-state index in [1.807, 2.05) is 0 Å². The molecule has 0 saturated heterocycles. The first-order chi connectivity index (χ1) is 33.6. The first-order valence-corrected chi connectivity index (χ1v) is 26.9. The van der Waals surface area contributed by atoms with Crippen molar-refractivity contribution in [2.45, 2.75) is 145 Å². The van der Waals surface area contributed by atoms with Gasteiger partial charge < -0.3 is 19.1 Å². The molecule has 2 atom stereocenters. The van der Waals surface area contributed by atoms with E-state index >= 15 is 0 Å². The van der Waals surface area contributed by atoms with Crippen molar-refractivity contribution in [3.05, 3.63) is 167 Å². The van der Waals surface area contributed by atoms with Crippen LogP contribution in [0.5, 0.6) is 0 Å². The predicted molar refractivity (Wildman–Crippen MR) is 304 cm³/mol. The third-order valence-corrected chi connectivity index (χ3v) is 18.3. The van der Waals surface area contributed by atoms with E-state index in [0.29, 0.717) is 11.8 Å². The molecule has 1 fully saturated rings. The number of aryl methyl sites for hydroxylation is 1. The third-order valence-electron chi connectivity index (χ3n) is 18.3. The lowest BCUT2D eigenvalue weighted by Crippen LogP contribution is -2.62. The Kier molecular flexibility index (Phi) is 10.3. The highest BCUT2D eigenvalue weighted by atomic mass is 16.3. The van der Waals surface area contributed by atoms with E-state index in [2.05, 4.69) is 232 Å². The molecule has 0 N–H and O–H groups in total. The van der Waals surface area contributed by atoms with E-state index in [1.54, 1.807) is 0 Å². The number of hydrogen-bond donors (Lipinski definition) is 0. The standard InChI is InChI=1S/C66H74BN3O/c1-41-24-29-58-48(34-41)60-61(71-58)67-53-38-50-52(66(12,13)33-31-64(50,8)9)40-55(53)70(54-39-51-49(35-42(54)2)63(6,7)30-32-65(51,10)11)57-37-47(68(44-20-16-14-17-21-44)45-22-18-15-19-23-45)36-56(59(57)67)69(60)46-27-25-43(26-28-46)62(3,4)5/h14-18,20-22,24-29,34-40,49,51H,19,23,30-33H2,1-13H3. The number of benzene rings is 5. The Balaban J connectivity index is 1.24. The molecule has 2 unspecified atom stereocenters. The Morgan fingerprint density at radius 3 is 1.96 bits per heavy atom. The van der Waals surface area contributed by atoms with Crippen molar-refractivity contribution >= 4 is 74.1 Å². The molecule has 0 amide bonds. The monoisotopic (exact) mass is 936 g/mol. The van der Waals surface area contributed by atoms with Gasteiger partial charge in [-0.15, -0.1) is 0 Å². The molecule has 0 spiro atoms. The molecule has 1 aromatic heterocycles. The molecular weight excluding hydrogens is 862 g/mol. The molecule has 5 heteroatoms. The Morgan fingerprint density at radius 1 is 0.662 bits per heavy atom. The van der Waals surface area contributed by atoms with Crippen LogP contribution in [0.25, 0.3) is 11.0 Å². The highest BCUT2D eigenvalue weighted by molar-refractivity contribution is 7.00. The van der Waals surface area contributed by atoms with Gasteiger partial charge in [-0.2, -0.15) is 0 Å². The van der Waals surface area contributed by atoms with E-state index in [0.717, 1.165) is 59.4 Å². The minimum Gasteiger partial charge on any atom is -0.468 e. The Bertz CT molecular complexity index is 3290. The number of allylic oxidation sites excluding steroid dienone is 7. The lowest BCUT2D eigenvalue weighted by atomic mass is 9.35. The second-order valence-electron chi connectivity index (χ2n) is 26.1. The van der Waals surface area contributed by atoms with Gasteiger partial charge in [0.25, 0.3) is 6.71 Å². The van der Waals surface area contributed by atoms with E-state index < -0.39 is 0 Å². The number of rotatable bonds is 5. The quantitative estimate of drug-likeness (QED) is 0.160. The normalized spacial score (nSPS) is 22.1. The number of hydrogen-bond acceptors (Lipinski definition) is 4. The van der Waals surface area contributed by atoms with Crippen molar-refractivity contribution in [2.24, 2.45) is 22.7 Å². The highest BCUT2D eigenvalue weighted by Crippen LogP contribution is 2.58. The van der Waals surface area contributed by atoms with Gasteiger partial charge in [0.05, 0.1) is 11.3 Å². The summed E-state index contributed by atoms with van der Waals surface area (Å²) in [5, 5.41) is 1.16. The number of fused-ring (bicyclic) bond motifs is 8. The lowest BCUT2D eigenvalue weighted by Gasteiger charge is -2.53. The molecule has 4 nitrogen and oxygen atoms in total. The van der Waals surface area contributed by atoms with Gasteiger partial charge in [-0.1, -0.05) is 148 Å². The van der Waals surface area contributed by atoms with Crippen molar-refractivity contribution in [1.29, 1.82) is 0 Å². The summed E-state index contributed by atoms with van der Waals surface area (Å²) in [6, 6.07) is 37.7. The van der Waals surface area contributed by atoms with Gasteiger partial charge >= 0.3 is 0 Å². The van der Waals surface area contributed by atoms with Crippen LogP contribution in [0.2, 0.25) is 0 Å². The molecule has 4 aliphatic carbocycles. The summed E-state index contributed by atoms with van der Waals surface area (Å²) in [7, 11) is 0. The van der Waals surface area contributed by atoms with E-state index in [4.69, 9.17) is 4.42 Å². The van der Waals surface area contributed by atoms with Crippen LogP contribution in [-0.4, -0.2) is 6.71 Å². The Morgan fingerprint density at radius 2 is 1.31 bits per heavy atom. The van der Waals surface area contributed by atoms with Crippen molar-refractivity contribution in [3.8, 4) is 0 Å². The van der Waals surface area contributed by atoms with Crippen LogP contribution in [0.15, 0.2) is 149 Å². The number of para-hydroxylation sites is 1. The Hall–Kier alpha value is -5.94. The van der Waals surface area contributed by atoms with E-state index in [1.165, 1.54) is 85.7 Å². The topological polar surface area (TPSA) is 22.9 Å². The maximum Gasteiger partial charge on any atom is 0.297 e. The average Bonchev–Trinajstić information content (AvgIpc) is 3.70. The fourth-order valence-electron chi connectivity index (χ4n) is 13.8. The molecule has 0 radical (unpaired) electrons. The van der Waals surface area contributed by atoms with Crippen LogP contribution in [0.4, 0.5) is 39.8 Å². The van der Waals surface area contributed by atoms with Crippen molar-refractivity contribution in [1.82, 2.24) is 0 Å². The maximum absolute atomic E-state index is 7.47. The van der Waals surface area contributed by atoms with Crippen LogP contribution >= 0.6 is 0 Å². The van der Waals surface area contributed by atoms with Gasteiger partial charge in [0.1, 0.15) is 5.58 Å². The zero-order valence-corrected chi connectivity index (χ0v) is 44.8. The molecule has 0 bridgehead atoms. The van der Waals surface area contributed by atoms with Crippen molar-refractivity contribution < 1.29 is 4.42 Å². The molecule has 3 heterocycles. The minimum atomic E-state index is -0.146. The highest BCUT2D eigenvalue weighted by Gasteiger charge is 2.52. The van der Waals surface area contributed by atoms with Gasteiger partial charge in [0.15, 0.2) is 0 Å². The average molecular weight is 936 g/mol. The molecule has 2 aliphatic heterocycles. The summed E-state index contributed by atoms with van der Waals surface area (Å²) in [5.41, 5.74) is 22.9. The SMILES string of the molecule is CC1=CC2C(C=C1N1c3cc4c(cc3B3c5oc6ccc(C)cc6c5N(c5ccc(C(C)(C)C)cc5)c5cc(N(C6=CC=CCC6)c6ccccc6)cc1c53)C(C)(C)CCC4(C)C)C(C)(C)CCC2(C)C. The van der Waals surface area contributed by atoms with Crippen LogP contribution in [0.1, 0.15) is 144 Å². The summed E-state index contributed by atoms with van der Waals surface area (Å²) in [4.78, 5) is 7.89. The van der Waals surface area contributed by atoms with Gasteiger partial charge in [-0.05, 0) is 185 Å². The van der Waals surface area contributed by atoms with E-state index in [-0.39, 0.29) is 33.8 Å². The van der Waals surface area contributed by atoms with Gasteiger partial charge in [0.2, 0.25) is 0 Å². The van der Waals surface area contributed by atoms with Gasteiger partial charge in [-0.3, -0.25) is 0 Å². The van der Waals surface area contributed by atoms with Crippen LogP contribution in [0, 0.1) is 29.6 Å². The summed E-state index contributed by atoms with van der Waals surface area (Å²) >= 11 is 0. The molecule has 362 valence electrons. The minimum absolute atomic E-state index is 0.0134. The van der Waals surface area contributed by atoms with Crippen molar-refractivity contribution in [2.75, 3.05) is 14.7 Å². The molecular formula is C66H74BN3O. The summed E-state index contributed by atoms with van der Waals surface area (Å²) in [6.45, 7) is 31.4. The van der Waals surface area contributed by atoms with Crippen molar-refractivity contribution in [3.63, 3.8) is 0 Å². The zero-order valence-electron chi connectivity index (χ0n) is 44.8. The Labute approximate surface area is 425 Å². The summed E-state index contributed by atoms with van der Waals surface area (Å²) in [6.07, 6.45) is 19.0. The van der Waals surface area contributed by atoms with Gasteiger partial charge in [-0.25, -0.2) is 0 Å². The molecule has 1 saturated carbocycles. The lowest BCUT2D eigenvalue weighted by molar-refractivity contribution is 0.0321. The largest absolute Gasteiger partial charge is 0.468 e.